The standard InChI is InChI=1S/C25H33Cl2N/c1-2-3-4-5-6-19-7-9-20(10-8-19)11-12-21-13-15-22(16-14-21)23-17-24(26)25(27)28-18-23/h13-20H,2-12H2,1H3/t19-,20-. The fourth-order valence-electron chi connectivity index (χ4n) is 4.48. The zero-order chi connectivity index (χ0) is 19.8. The predicted molar refractivity (Wildman–Crippen MR) is 122 cm³/mol. The Labute approximate surface area is 180 Å². The lowest BCUT2D eigenvalue weighted by atomic mass is 9.77. The average molecular weight is 418 g/mol. The molecule has 0 bridgehead atoms. The summed E-state index contributed by atoms with van der Waals surface area (Å²) in [4.78, 5) is 4.14. The quantitative estimate of drug-likeness (QED) is 0.293. The third kappa shape index (κ3) is 6.49. The number of rotatable bonds is 9. The third-order valence-corrected chi connectivity index (χ3v) is 7.04. The Morgan fingerprint density at radius 3 is 2.18 bits per heavy atom. The van der Waals surface area contributed by atoms with Crippen LogP contribution in [0, 0.1) is 11.8 Å². The SMILES string of the molecule is CCCCCC[C@H]1CC[C@H](CCc2ccc(-c3cnc(Cl)c(Cl)c3)cc2)CC1. The van der Waals surface area contributed by atoms with Crippen molar-refractivity contribution in [3.05, 3.63) is 52.3 Å². The molecule has 0 atom stereocenters. The number of nitrogens with zero attached hydrogens (tertiary/aromatic N) is 1. The Morgan fingerprint density at radius 1 is 0.857 bits per heavy atom. The molecule has 3 rings (SSSR count). The van der Waals surface area contributed by atoms with Crippen LogP contribution in [0.5, 0.6) is 0 Å². The smallest absolute Gasteiger partial charge is 0.147 e. The normalized spacial score (nSPS) is 19.7. The summed E-state index contributed by atoms with van der Waals surface area (Å²) in [6, 6.07) is 10.7. The van der Waals surface area contributed by atoms with Crippen molar-refractivity contribution in [2.24, 2.45) is 11.8 Å². The first-order chi connectivity index (χ1) is 13.7. The largest absolute Gasteiger partial charge is 0.242 e. The lowest BCUT2D eigenvalue weighted by Crippen LogP contribution is -2.15. The number of hydrogen-bond donors (Lipinski definition) is 0. The minimum absolute atomic E-state index is 0.359. The molecule has 3 heteroatoms. The van der Waals surface area contributed by atoms with Gasteiger partial charge in [0.05, 0.1) is 5.02 Å². The summed E-state index contributed by atoms with van der Waals surface area (Å²) in [5.41, 5.74) is 3.58. The van der Waals surface area contributed by atoms with E-state index in [-0.39, 0.29) is 0 Å². The molecule has 1 saturated carbocycles. The number of hydrogen-bond acceptors (Lipinski definition) is 1. The van der Waals surface area contributed by atoms with Crippen LogP contribution in [-0.4, -0.2) is 4.98 Å². The number of aromatic nitrogens is 1. The van der Waals surface area contributed by atoms with Crippen LogP contribution in [0.15, 0.2) is 36.5 Å². The third-order valence-electron chi connectivity index (χ3n) is 6.36. The molecule has 152 valence electrons. The molecule has 1 aliphatic carbocycles. The van der Waals surface area contributed by atoms with Gasteiger partial charge in [-0.1, -0.05) is 112 Å². The molecule has 1 fully saturated rings. The van der Waals surface area contributed by atoms with Crippen molar-refractivity contribution in [1.82, 2.24) is 4.98 Å². The van der Waals surface area contributed by atoms with Gasteiger partial charge in [-0.15, -0.1) is 0 Å². The zero-order valence-corrected chi connectivity index (χ0v) is 18.6. The number of benzene rings is 1. The second-order valence-electron chi connectivity index (χ2n) is 8.47. The van der Waals surface area contributed by atoms with Gasteiger partial charge in [-0.2, -0.15) is 0 Å². The van der Waals surface area contributed by atoms with Crippen LogP contribution in [-0.2, 0) is 6.42 Å². The van der Waals surface area contributed by atoms with E-state index in [1.165, 1.54) is 76.2 Å². The first kappa shape index (κ1) is 21.7. The van der Waals surface area contributed by atoms with Gasteiger partial charge in [-0.25, -0.2) is 4.98 Å². The monoisotopic (exact) mass is 417 g/mol. The molecule has 1 aromatic heterocycles. The second-order valence-corrected chi connectivity index (χ2v) is 9.23. The first-order valence-corrected chi connectivity index (χ1v) is 11.8. The molecule has 0 amide bonds. The second kappa shape index (κ2) is 11.2. The molecule has 0 N–H and O–H groups in total. The summed E-state index contributed by atoms with van der Waals surface area (Å²) >= 11 is 12.0. The van der Waals surface area contributed by atoms with Gasteiger partial charge < -0.3 is 0 Å². The maximum absolute atomic E-state index is 6.09. The van der Waals surface area contributed by atoms with Crippen molar-refractivity contribution >= 4 is 23.2 Å². The molecule has 2 aromatic rings. The number of halogens is 2. The molecule has 1 aliphatic rings. The van der Waals surface area contributed by atoms with Crippen molar-refractivity contribution in [2.75, 3.05) is 0 Å². The Balaban J connectivity index is 1.41. The molecule has 0 radical (unpaired) electrons. The van der Waals surface area contributed by atoms with E-state index in [4.69, 9.17) is 23.2 Å². The lowest BCUT2D eigenvalue weighted by molar-refractivity contribution is 0.249. The predicted octanol–water partition coefficient (Wildman–Crippen LogP) is 8.76. The van der Waals surface area contributed by atoms with Crippen molar-refractivity contribution in [1.29, 1.82) is 0 Å². The minimum atomic E-state index is 0.359. The van der Waals surface area contributed by atoms with E-state index in [1.54, 1.807) is 6.20 Å². The molecule has 1 heterocycles. The topological polar surface area (TPSA) is 12.9 Å². The van der Waals surface area contributed by atoms with Gasteiger partial charge in [0.15, 0.2) is 0 Å². The molecule has 1 nitrogen and oxygen atoms in total. The number of pyridine rings is 1. The highest BCUT2D eigenvalue weighted by molar-refractivity contribution is 6.41. The summed E-state index contributed by atoms with van der Waals surface area (Å²) in [5.74, 6) is 1.93. The highest BCUT2D eigenvalue weighted by Crippen LogP contribution is 2.34. The minimum Gasteiger partial charge on any atom is -0.242 e. The van der Waals surface area contributed by atoms with Crippen molar-refractivity contribution in [3.63, 3.8) is 0 Å². The maximum Gasteiger partial charge on any atom is 0.147 e. The molecule has 0 aliphatic heterocycles. The Kier molecular flexibility index (Phi) is 8.67. The maximum atomic E-state index is 6.09. The van der Waals surface area contributed by atoms with Crippen LogP contribution in [0.1, 0.15) is 76.7 Å². The van der Waals surface area contributed by atoms with Gasteiger partial charge in [0.1, 0.15) is 5.15 Å². The van der Waals surface area contributed by atoms with Crippen molar-refractivity contribution in [2.45, 2.75) is 77.6 Å². The van der Waals surface area contributed by atoms with Crippen molar-refractivity contribution < 1.29 is 0 Å². The summed E-state index contributed by atoms with van der Waals surface area (Å²) < 4.78 is 0. The van der Waals surface area contributed by atoms with Gasteiger partial charge in [0, 0.05) is 11.8 Å². The van der Waals surface area contributed by atoms with E-state index < -0.39 is 0 Å². The van der Waals surface area contributed by atoms with Crippen LogP contribution in [0.3, 0.4) is 0 Å². The molecule has 0 saturated heterocycles. The number of aryl methyl sites for hydroxylation is 1. The van der Waals surface area contributed by atoms with Gasteiger partial charge in [-0.3, -0.25) is 0 Å². The Morgan fingerprint density at radius 2 is 1.54 bits per heavy atom. The zero-order valence-electron chi connectivity index (χ0n) is 17.1. The Hall–Kier alpha value is -1.05. The van der Waals surface area contributed by atoms with Crippen LogP contribution in [0.25, 0.3) is 11.1 Å². The molecular weight excluding hydrogens is 385 g/mol. The van der Waals surface area contributed by atoms with E-state index in [0.29, 0.717) is 10.2 Å². The van der Waals surface area contributed by atoms with Crippen LogP contribution in [0.2, 0.25) is 10.2 Å². The first-order valence-electron chi connectivity index (χ1n) is 11.1. The van der Waals surface area contributed by atoms with Crippen LogP contribution in [0.4, 0.5) is 0 Å². The average Bonchev–Trinajstić information content (AvgIpc) is 2.73. The summed E-state index contributed by atoms with van der Waals surface area (Å²) in [7, 11) is 0. The number of unbranched alkanes of at least 4 members (excludes halogenated alkanes) is 3. The highest BCUT2D eigenvalue weighted by atomic mass is 35.5. The van der Waals surface area contributed by atoms with E-state index in [9.17, 15) is 0 Å². The summed E-state index contributed by atoms with van der Waals surface area (Å²) in [6.07, 6.45) is 17.2. The molecule has 0 spiro atoms. The van der Waals surface area contributed by atoms with Crippen LogP contribution >= 0.6 is 23.2 Å². The van der Waals surface area contributed by atoms with Crippen LogP contribution < -0.4 is 0 Å². The van der Waals surface area contributed by atoms with Crippen molar-refractivity contribution in [3.8, 4) is 11.1 Å². The van der Waals surface area contributed by atoms with Gasteiger partial charge >= 0.3 is 0 Å². The molecular formula is C25H33Cl2N. The molecule has 28 heavy (non-hydrogen) atoms. The fourth-order valence-corrected chi connectivity index (χ4v) is 4.75. The Bertz CT molecular complexity index is 718. The summed E-state index contributed by atoms with van der Waals surface area (Å²) in [5, 5.41) is 0.863. The van der Waals surface area contributed by atoms with E-state index >= 15 is 0 Å². The highest BCUT2D eigenvalue weighted by Gasteiger charge is 2.20. The molecule has 0 unspecified atom stereocenters. The van der Waals surface area contributed by atoms with Gasteiger partial charge in [0.2, 0.25) is 0 Å². The van der Waals surface area contributed by atoms with E-state index in [1.807, 2.05) is 6.07 Å². The van der Waals surface area contributed by atoms with E-state index in [0.717, 1.165) is 23.0 Å². The van der Waals surface area contributed by atoms with Gasteiger partial charge in [-0.05, 0) is 41.9 Å². The summed E-state index contributed by atoms with van der Waals surface area (Å²) in [6.45, 7) is 2.29. The lowest BCUT2D eigenvalue weighted by Gasteiger charge is -2.28. The fraction of sp³-hybridized carbons (Fsp3) is 0.560. The van der Waals surface area contributed by atoms with Gasteiger partial charge in [0.25, 0.3) is 0 Å². The van der Waals surface area contributed by atoms with E-state index in [2.05, 4.69) is 36.2 Å². The molecule has 1 aromatic carbocycles.